The van der Waals surface area contributed by atoms with Crippen molar-refractivity contribution in [3.8, 4) is 0 Å². The van der Waals surface area contributed by atoms with Crippen LogP contribution < -0.4 is 0 Å². The molecule has 0 aliphatic rings. The summed E-state index contributed by atoms with van der Waals surface area (Å²) in [6.07, 6.45) is -10.2. The lowest BCUT2D eigenvalue weighted by molar-refractivity contribution is -0.441. The van der Waals surface area contributed by atoms with Gasteiger partial charge in [0, 0.05) is 3.57 Å². The van der Waals surface area contributed by atoms with Crippen LogP contribution in [0.3, 0.4) is 0 Å². The van der Waals surface area contributed by atoms with Crippen molar-refractivity contribution < 1.29 is 62.2 Å². The first-order valence-electron chi connectivity index (χ1n) is 7.40. The standard InChI is InChI=1S/C15H10F13IO/c1-9(30,7-2-4-8(29)5-3-7)6-10(16,17)11(18,19)12(20,21)13(22,23)14(24,25)15(26,27)28/h2-5,30H,6H2,1H3. The third-order valence-electron chi connectivity index (χ3n) is 4.03. The zero-order valence-corrected chi connectivity index (χ0v) is 16.4. The van der Waals surface area contributed by atoms with Gasteiger partial charge in [-0.05, 0) is 47.2 Å². The lowest BCUT2D eigenvalue weighted by Gasteiger charge is -2.41. The maximum Gasteiger partial charge on any atom is 0.460 e. The zero-order chi connectivity index (χ0) is 24.2. The van der Waals surface area contributed by atoms with E-state index in [2.05, 4.69) is 0 Å². The smallest absolute Gasteiger partial charge is 0.385 e. The summed E-state index contributed by atoms with van der Waals surface area (Å²) in [7, 11) is 0. The molecule has 0 fully saturated rings. The van der Waals surface area contributed by atoms with Crippen LogP contribution >= 0.6 is 22.6 Å². The minimum atomic E-state index is -7.96. The molecule has 1 N–H and O–H groups in total. The molecule has 1 nitrogen and oxygen atoms in total. The predicted molar refractivity (Wildman–Crippen MR) is 84.1 cm³/mol. The van der Waals surface area contributed by atoms with Crippen molar-refractivity contribution in [1.82, 2.24) is 0 Å². The highest BCUT2D eigenvalue weighted by molar-refractivity contribution is 14.1. The molecule has 0 amide bonds. The van der Waals surface area contributed by atoms with Gasteiger partial charge in [-0.3, -0.25) is 0 Å². The minimum Gasteiger partial charge on any atom is -0.385 e. The molecule has 1 unspecified atom stereocenters. The molecule has 0 saturated carbocycles. The first kappa shape index (κ1) is 27.0. The first-order valence-corrected chi connectivity index (χ1v) is 8.48. The van der Waals surface area contributed by atoms with Gasteiger partial charge in [0.2, 0.25) is 0 Å². The summed E-state index contributed by atoms with van der Waals surface area (Å²) in [5.41, 5.74) is -3.66. The Balaban J connectivity index is 3.43. The maximum atomic E-state index is 13.9. The van der Waals surface area contributed by atoms with Crippen molar-refractivity contribution in [2.45, 2.75) is 54.7 Å². The fourth-order valence-electron chi connectivity index (χ4n) is 2.26. The molecule has 15 heteroatoms. The van der Waals surface area contributed by atoms with Crippen LogP contribution in [-0.2, 0) is 5.60 Å². The predicted octanol–water partition coefficient (Wildman–Crippen LogP) is 6.63. The second kappa shape index (κ2) is 7.55. The van der Waals surface area contributed by atoms with Gasteiger partial charge in [-0.2, -0.15) is 57.1 Å². The van der Waals surface area contributed by atoms with E-state index in [1.54, 1.807) is 22.6 Å². The molecule has 1 rings (SSSR count). The van der Waals surface area contributed by atoms with Gasteiger partial charge in [0.25, 0.3) is 0 Å². The number of hydrogen-bond acceptors (Lipinski definition) is 1. The SMILES string of the molecule is CC(O)(CC(F)(F)C(F)(F)C(F)(F)C(F)(F)C(F)(F)C(F)(F)F)c1ccc(I)cc1. The Bertz CT molecular complexity index is 753. The van der Waals surface area contributed by atoms with Gasteiger partial charge in [0.1, 0.15) is 0 Å². The van der Waals surface area contributed by atoms with E-state index >= 15 is 0 Å². The highest BCUT2D eigenvalue weighted by Gasteiger charge is 2.90. The molecular formula is C15H10F13IO. The van der Waals surface area contributed by atoms with Crippen molar-refractivity contribution in [3.05, 3.63) is 33.4 Å². The summed E-state index contributed by atoms with van der Waals surface area (Å²) >= 11 is 1.70. The van der Waals surface area contributed by atoms with Crippen LogP contribution in [0.15, 0.2) is 24.3 Å². The van der Waals surface area contributed by atoms with Crippen LogP contribution in [0.1, 0.15) is 18.9 Å². The third-order valence-corrected chi connectivity index (χ3v) is 4.75. The fourth-order valence-corrected chi connectivity index (χ4v) is 2.62. The highest BCUT2D eigenvalue weighted by Crippen LogP contribution is 2.61. The van der Waals surface area contributed by atoms with Crippen LogP contribution in [0.2, 0.25) is 0 Å². The molecule has 0 saturated heterocycles. The average Bonchev–Trinajstić information content (AvgIpc) is 2.52. The van der Waals surface area contributed by atoms with Crippen molar-refractivity contribution in [2.24, 2.45) is 0 Å². The molecule has 0 aliphatic carbocycles. The second-order valence-corrected chi connectivity index (χ2v) is 7.70. The lowest BCUT2D eigenvalue weighted by Crippen LogP contribution is -2.70. The summed E-state index contributed by atoms with van der Waals surface area (Å²) in [6, 6.07) is 4.10. The van der Waals surface area contributed by atoms with Crippen LogP contribution in [-0.4, -0.2) is 40.9 Å². The van der Waals surface area contributed by atoms with E-state index in [1.807, 2.05) is 0 Å². The molecule has 0 aromatic heterocycles. The van der Waals surface area contributed by atoms with Crippen molar-refractivity contribution in [3.63, 3.8) is 0 Å². The van der Waals surface area contributed by atoms with Crippen molar-refractivity contribution in [2.75, 3.05) is 0 Å². The topological polar surface area (TPSA) is 20.2 Å². The number of hydrogen-bond donors (Lipinski definition) is 1. The monoisotopic (exact) mass is 580 g/mol. The molecular weight excluding hydrogens is 570 g/mol. The van der Waals surface area contributed by atoms with E-state index in [0.717, 1.165) is 24.3 Å². The third kappa shape index (κ3) is 4.19. The van der Waals surface area contributed by atoms with E-state index in [1.165, 1.54) is 0 Å². The molecule has 1 aromatic rings. The largest absolute Gasteiger partial charge is 0.460 e. The zero-order valence-electron chi connectivity index (χ0n) is 14.3. The van der Waals surface area contributed by atoms with Gasteiger partial charge in [0.05, 0.1) is 12.0 Å². The van der Waals surface area contributed by atoms with Crippen molar-refractivity contribution >= 4 is 22.6 Å². The Hall–Kier alpha value is -1.00. The molecule has 0 aliphatic heterocycles. The van der Waals surface area contributed by atoms with Crippen molar-refractivity contribution in [1.29, 1.82) is 0 Å². The molecule has 1 atom stereocenters. The van der Waals surface area contributed by atoms with Gasteiger partial charge < -0.3 is 5.11 Å². The van der Waals surface area contributed by atoms with Gasteiger partial charge >= 0.3 is 35.8 Å². The van der Waals surface area contributed by atoms with E-state index < -0.39 is 53.4 Å². The van der Waals surface area contributed by atoms with Crippen LogP contribution in [0, 0.1) is 3.57 Å². The van der Waals surface area contributed by atoms with E-state index in [4.69, 9.17) is 0 Å². The average molecular weight is 580 g/mol. The van der Waals surface area contributed by atoms with Gasteiger partial charge in [-0.25, -0.2) is 0 Å². The minimum absolute atomic E-state index is 0.403. The second-order valence-electron chi connectivity index (χ2n) is 6.46. The Morgan fingerprint density at radius 1 is 0.667 bits per heavy atom. The summed E-state index contributed by atoms with van der Waals surface area (Å²) in [5, 5.41) is 9.96. The van der Waals surface area contributed by atoms with Gasteiger partial charge in [-0.1, -0.05) is 12.1 Å². The molecule has 174 valence electrons. The fraction of sp³-hybridized carbons (Fsp3) is 0.600. The Labute approximate surface area is 173 Å². The number of rotatable bonds is 7. The summed E-state index contributed by atoms with van der Waals surface area (Å²) in [5.74, 6) is -37.4. The quantitative estimate of drug-likeness (QED) is 0.284. The normalized spacial score (nSPS) is 17.1. The molecule has 1 aromatic carbocycles. The van der Waals surface area contributed by atoms with Crippen LogP contribution in [0.25, 0.3) is 0 Å². The molecule has 0 spiro atoms. The number of benzene rings is 1. The molecule has 0 heterocycles. The van der Waals surface area contributed by atoms with E-state index in [-0.39, 0.29) is 0 Å². The Morgan fingerprint density at radius 3 is 1.40 bits per heavy atom. The summed E-state index contributed by atoms with van der Waals surface area (Å²) in [6.45, 7) is 0.403. The Kier molecular flexibility index (Phi) is 6.80. The van der Waals surface area contributed by atoms with Gasteiger partial charge in [0.15, 0.2) is 0 Å². The molecule has 0 radical (unpaired) electrons. The highest BCUT2D eigenvalue weighted by atomic mass is 127. The first-order chi connectivity index (χ1) is 13.0. The summed E-state index contributed by atoms with van der Waals surface area (Å²) in [4.78, 5) is 0. The van der Waals surface area contributed by atoms with Crippen LogP contribution in [0.4, 0.5) is 57.1 Å². The maximum absolute atomic E-state index is 13.9. The Morgan fingerprint density at radius 2 is 1.03 bits per heavy atom. The number of aliphatic hydroxyl groups is 1. The number of alkyl halides is 13. The summed E-state index contributed by atoms with van der Waals surface area (Å²) < 4.78 is 171. The lowest BCUT2D eigenvalue weighted by atomic mass is 9.84. The molecule has 0 bridgehead atoms. The van der Waals surface area contributed by atoms with E-state index in [0.29, 0.717) is 10.5 Å². The van der Waals surface area contributed by atoms with Gasteiger partial charge in [-0.15, -0.1) is 0 Å². The number of halogens is 14. The van der Waals surface area contributed by atoms with E-state index in [9.17, 15) is 62.2 Å². The molecule has 30 heavy (non-hydrogen) atoms. The van der Waals surface area contributed by atoms with Crippen LogP contribution in [0.5, 0.6) is 0 Å².